The van der Waals surface area contributed by atoms with Gasteiger partial charge in [0.15, 0.2) is 0 Å². The molecular formula is C43H30Cl2F8N6O4. The maximum atomic E-state index is 14.5. The Bertz CT molecular complexity index is 2640. The van der Waals surface area contributed by atoms with Crippen molar-refractivity contribution in [2.24, 2.45) is 0 Å². The van der Waals surface area contributed by atoms with Crippen LogP contribution in [0.2, 0.25) is 10.0 Å². The van der Waals surface area contributed by atoms with Crippen molar-refractivity contribution in [3.05, 3.63) is 172 Å². The Kier molecular flexibility index (Phi) is 13.0. The van der Waals surface area contributed by atoms with Crippen LogP contribution >= 0.6 is 23.2 Å². The number of alkyl halides is 6. The monoisotopic (exact) mass is 916 g/mol. The molecule has 1 saturated heterocycles. The van der Waals surface area contributed by atoms with Crippen LogP contribution in [0.1, 0.15) is 22.5 Å². The highest BCUT2D eigenvalue weighted by molar-refractivity contribution is 6.30. The van der Waals surface area contributed by atoms with Crippen molar-refractivity contribution in [2.45, 2.75) is 43.3 Å². The van der Waals surface area contributed by atoms with Crippen LogP contribution < -0.4 is 9.47 Å². The molecule has 63 heavy (non-hydrogen) atoms. The van der Waals surface area contributed by atoms with Crippen molar-refractivity contribution in [3.8, 4) is 33.8 Å². The van der Waals surface area contributed by atoms with Gasteiger partial charge >= 0.3 is 12.7 Å². The molecule has 3 aromatic heterocycles. The van der Waals surface area contributed by atoms with Gasteiger partial charge in [-0.25, -0.2) is 13.5 Å². The Balaban J connectivity index is 0.000000191. The van der Waals surface area contributed by atoms with E-state index in [0.29, 0.717) is 46.0 Å². The molecule has 7 aromatic rings. The van der Waals surface area contributed by atoms with Crippen molar-refractivity contribution in [3.63, 3.8) is 0 Å². The van der Waals surface area contributed by atoms with Crippen molar-refractivity contribution in [1.29, 1.82) is 0 Å². The van der Waals surface area contributed by atoms with Gasteiger partial charge in [-0.1, -0.05) is 71.7 Å². The first kappa shape index (κ1) is 44.8. The largest absolute Gasteiger partial charge is 0.573 e. The number of hydrogen-bond donors (Lipinski definition) is 1. The molecule has 2 atom stereocenters. The van der Waals surface area contributed by atoms with E-state index in [1.165, 1.54) is 83.9 Å². The molecule has 20 heteroatoms. The molecule has 0 spiro atoms. The van der Waals surface area contributed by atoms with E-state index in [2.05, 4.69) is 35.0 Å². The van der Waals surface area contributed by atoms with Gasteiger partial charge in [0.1, 0.15) is 40.7 Å². The van der Waals surface area contributed by atoms with Crippen LogP contribution in [0.5, 0.6) is 11.5 Å². The lowest BCUT2D eigenvalue weighted by Crippen LogP contribution is -2.35. The third-order valence-corrected chi connectivity index (χ3v) is 10.1. The number of hydrogen-bond acceptors (Lipinski definition) is 9. The minimum atomic E-state index is -4.78. The first-order valence-electron chi connectivity index (χ1n) is 18.5. The van der Waals surface area contributed by atoms with Crippen molar-refractivity contribution in [1.82, 2.24) is 30.2 Å². The quantitative estimate of drug-likeness (QED) is 0.0943. The second-order valence-electron chi connectivity index (χ2n) is 14.2. The molecule has 1 aliphatic heterocycles. The summed E-state index contributed by atoms with van der Waals surface area (Å²) in [5.41, 5.74) is 1.79. The van der Waals surface area contributed by atoms with Crippen LogP contribution in [0.4, 0.5) is 35.1 Å². The van der Waals surface area contributed by atoms with E-state index in [4.69, 9.17) is 27.9 Å². The smallest absolute Gasteiger partial charge is 0.406 e. The summed E-state index contributed by atoms with van der Waals surface area (Å²) in [5, 5.41) is 22.9. The fourth-order valence-corrected chi connectivity index (χ4v) is 6.82. The number of benzene rings is 4. The normalized spacial score (nSPS) is 15.8. The van der Waals surface area contributed by atoms with Gasteiger partial charge in [-0.05, 0) is 93.3 Å². The Morgan fingerprint density at radius 1 is 0.667 bits per heavy atom. The van der Waals surface area contributed by atoms with Gasteiger partial charge in [0.25, 0.3) is 0 Å². The van der Waals surface area contributed by atoms with Gasteiger partial charge in [0, 0.05) is 46.4 Å². The Morgan fingerprint density at radius 2 is 1.17 bits per heavy atom. The first-order chi connectivity index (χ1) is 29.9. The average Bonchev–Trinajstić information content (AvgIpc) is 3.84. The van der Waals surface area contributed by atoms with Crippen molar-refractivity contribution < 1.29 is 54.4 Å². The van der Waals surface area contributed by atoms with E-state index in [9.17, 15) is 40.2 Å². The van der Waals surface area contributed by atoms with Gasteiger partial charge < -0.3 is 19.3 Å². The summed E-state index contributed by atoms with van der Waals surface area (Å²) in [7, 11) is 0. The number of rotatable bonds is 12. The molecule has 1 aliphatic rings. The minimum Gasteiger partial charge on any atom is -0.406 e. The third-order valence-electron chi connectivity index (χ3n) is 9.61. The molecule has 0 radical (unpaired) electrons. The molecule has 4 aromatic carbocycles. The lowest BCUT2D eigenvalue weighted by molar-refractivity contribution is -0.275. The molecule has 4 heterocycles. The van der Waals surface area contributed by atoms with E-state index in [1.807, 2.05) is 0 Å². The topological polar surface area (TPSA) is 121 Å². The van der Waals surface area contributed by atoms with Gasteiger partial charge in [0.05, 0.1) is 24.5 Å². The zero-order valence-corrected chi connectivity index (χ0v) is 33.6. The Hall–Kier alpha value is -6.21. The summed E-state index contributed by atoms with van der Waals surface area (Å²) in [6.45, 7) is 0.308. The standard InChI is InChI=1S/C22H16ClF4N5O2.C21H14ClF4NO2/c23-17-5-1-15(19(24)9-17)10-21(33,12-32-13-29-30-31-32)20-8-4-16(11-28-20)14-2-6-18(7-3-14)34-22(25,26)27;22-16-5-1-14(18(23)9-16)10-20(12-28-20)19-8-4-15(11-27-19)13-2-6-17(7-3-13)29-21(24,25)26/h1-9,11,13,33H,10,12H2;1-9,11H,10,12H2. The fraction of sp³-hybridized carbons (Fsp3) is 0.186. The molecule has 8 rings (SSSR count). The second kappa shape index (κ2) is 18.3. The van der Waals surface area contributed by atoms with Crippen molar-refractivity contribution >= 4 is 23.2 Å². The van der Waals surface area contributed by atoms with Gasteiger partial charge in [-0.15, -0.1) is 31.4 Å². The number of ether oxygens (including phenoxy) is 3. The number of aliphatic hydroxyl groups is 1. The molecule has 1 N–H and O–H groups in total. The lowest BCUT2D eigenvalue weighted by atomic mass is 9.89. The SMILES string of the molecule is Fc1cc(Cl)ccc1CC1(c2ccc(-c3ccc(OC(F)(F)F)cc3)cn2)CO1.OC(Cc1ccc(Cl)cc1F)(Cn1cnnn1)c1ccc(-c2ccc(OC(F)(F)F)cc2)cn1. The number of halogens is 10. The Morgan fingerprint density at radius 3 is 1.60 bits per heavy atom. The molecular weight excluding hydrogens is 887 g/mol. The summed E-state index contributed by atoms with van der Waals surface area (Å²) in [6, 6.07) is 26.2. The zero-order valence-electron chi connectivity index (χ0n) is 32.1. The van der Waals surface area contributed by atoms with E-state index in [1.54, 1.807) is 42.6 Å². The molecule has 0 amide bonds. The number of aromatic nitrogens is 6. The van der Waals surface area contributed by atoms with Crippen LogP contribution in [0.3, 0.4) is 0 Å². The number of epoxide rings is 1. The third kappa shape index (κ3) is 11.8. The molecule has 2 unspecified atom stereocenters. The molecule has 326 valence electrons. The number of nitrogens with zero attached hydrogens (tertiary/aromatic N) is 6. The molecule has 0 bridgehead atoms. The summed E-state index contributed by atoms with van der Waals surface area (Å²) in [6.07, 6.45) is -4.96. The van der Waals surface area contributed by atoms with E-state index < -0.39 is 35.6 Å². The Labute approximate surface area is 362 Å². The fourth-order valence-electron chi connectivity index (χ4n) is 6.50. The minimum absolute atomic E-state index is 0.113. The zero-order chi connectivity index (χ0) is 45.0. The van der Waals surface area contributed by atoms with Crippen LogP contribution in [0.15, 0.2) is 128 Å². The lowest BCUT2D eigenvalue weighted by Gasteiger charge is -2.28. The highest BCUT2D eigenvalue weighted by Crippen LogP contribution is 2.42. The highest BCUT2D eigenvalue weighted by atomic mass is 35.5. The maximum absolute atomic E-state index is 14.5. The van der Waals surface area contributed by atoms with Crippen LogP contribution in [-0.2, 0) is 35.3 Å². The predicted octanol–water partition coefficient (Wildman–Crippen LogP) is 10.5. The van der Waals surface area contributed by atoms with Gasteiger partial charge in [-0.3, -0.25) is 9.97 Å². The van der Waals surface area contributed by atoms with Gasteiger partial charge in [0.2, 0.25) is 0 Å². The summed E-state index contributed by atoms with van der Waals surface area (Å²) >= 11 is 11.6. The summed E-state index contributed by atoms with van der Waals surface area (Å²) < 4.78 is 117. The molecule has 1 fully saturated rings. The maximum Gasteiger partial charge on any atom is 0.573 e. The van der Waals surface area contributed by atoms with Crippen molar-refractivity contribution in [2.75, 3.05) is 6.61 Å². The van der Waals surface area contributed by atoms with Crippen LogP contribution in [0, 0.1) is 11.6 Å². The van der Waals surface area contributed by atoms with E-state index in [-0.39, 0.29) is 40.7 Å². The second-order valence-corrected chi connectivity index (χ2v) is 15.0. The molecule has 0 aliphatic carbocycles. The first-order valence-corrected chi connectivity index (χ1v) is 19.2. The highest BCUT2D eigenvalue weighted by Gasteiger charge is 2.48. The summed E-state index contributed by atoms with van der Waals surface area (Å²) in [5.74, 6) is -1.62. The summed E-state index contributed by atoms with van der Waals surface area (Å²) in [4.78, 5) is 8.77. The average molecular weight is 918 g/mol. The predicted molar refractivity (Wildman–Crippen MR) is 212 cm³/mol. The van der Waals surface area contributed by atoms with E-state index in [0.717, 1.165) is 11.6 Å². The molecule has 10 nitrogen and oxygen atoms in total. The number of tetrazole rings is 1. The van der Waals surface area contributed by atoms with Crippen LogP contribution in [-0.4, -0.2) is 54.6 Å². The number of pyridine rings is 2. The van der Waals surface area contributed by atoms with E-state index >= 15 is 0 Å². The van der Waals surface area contributed by atoms with Crippen LogP contribution in [0.25, 0.3) is 22.3 Å². The molecule has 0 saturated carbocycles. The van der Waals surface area contributed by atoms with Gasteiger partial charge in [-0.2, -0.15) is 0 Å².